The number of benzene rings is 1. The molecule has 1 aromatic carbocycles. The molecule has 3 aromatic rings. The largest absolute Gasteiger partial charge is 0.350 e. The Balaban J connectivity index is 1.49. The highest BCUT2D eigenvalue weighted by Crippen LogP contribution is 2.32. The van der Waals surface area contributed by atoms with E-state index in [2.05, 4.69) is 27.4 Å². The molecule has 2 atom stereocenters. The average molecular weight is 351 g/mol. The van der Waals surface area contributed by atoms with E-state index in [-0.39, 0.29) is 17.8 Å². The minimum Gasteiger partial charge on any atom is -0.350 e. The summed E-state index contributed by atoms with van der Waals surface area (Å²) in [6.45, 7) is 1.90. The number of hydrogen-bond donors (Lipinski definition) is 2. The Bertz CT molecular complexity index is 896. The summed E-state index contributed by atoms with van der Waals surface area (Å²) >= 11 is 0. The van der Waals surface area contributed by atoms with Gasteiger partial charge in [0.2, 0.25) is 0 Å². The molecule has 0 spiro atoms. The first-order valence-corrected chi connectivity index (χ1v) is 9.10. The van der Waals surface area contributed by atoms with Crippen molar-refractivity contribution >= 4 is 16.8 Å². The van der Waals surface area contributed by atoms with Gasteiger partial charge < -0.3 is 10.3 Å². The first-order valence-electron chi connectivity index (χ1n) is 9.10. The van der Waals surface area contributed by atoms with Crippen LogP contribution >= 0.6 is 0 Å². The van der Waals surface area contributed by atoms with Gasteiger partial charge in [0.15, 0.2) is 0 Å². The van der Waals surface area contributed by atoms with Gasteiger partial charge in [-0.15, -0.1) is 0 Å². The van der Waals surface area contributed by atoms with Crippen LogP contribution in [0.1, 0.15) is 53.2 Å². The third-order valence-electron chi connectivity index (χ3n) is 5.38. The van der Waals surface area contributed by atoms with Crippen molar-refractivity contribution in [2.24, 2.45) is 0 Å². The van der Waals surface area contributed by atoms with Crippen LogP contribution in [-0.4, -0.2) is 21.9 Å². The fourth-order valence-corrected chi connectivity index (χ4v) is 3.97. The normalized spacial score (nSPS) is 20.2. The Kier molecular flexibility index (Phi) is 4.45. The minimum atomic E-state index is -0.309. The summed E-state index contributed by atoms with van der Waals surface area (Å²) in [5, 5.41) is 3.59. The number of aromatic nitrogens is 2. The van der Waals surface area contributed by atoms with Gasteiger partial charge in [0.05, 0.1) is 5.52 Å². The number of amides is 1. The number of carbonyl (C=O) groups excluding carboxylic acids is 1. The molecule has 5 heteroatoms. The van der Waals surface area contributed by atoms with Gasteiger partial charge in [0.25, 0.3) is 5.91 Å². The molecule has 1 saturated carbocycles. The zero-order valence-electron chi connectivity index (χ0n) is 14.8. The molecule has 1 aliphatic rings. The number of aromatic amines is 1. The van der Waals surface area contributed by atoms with Crippen LogP contribution in [0.15, 0.2) is 42.7 Å². The van der Waals surface area contributed by atoms with Crippen molar-refractivity contribution in [2.75, 3.05) is 0 Å². The topological polar surface area (TPSA) is 57.8 Å². The Morgan fingerprint density at radius 3 is 2.81 bits per heavy atom. The lowest BCUT2D eigenvalue weighted by molar-refractivity contribution is 0.0921. The second-order valence-electron chi connectivity index (χ2n) is 7.15. The van der Waals surface area contributed by atoms with E-state index in [1.807, 2.05) is 19.3 Å². The highest BCUT2D eigenvalue weighted by molar-refractivity contribution is 5.99. The van der Waals surface area contributed by atoms with E-state index >= 15 is 0 Å². The number of rotatable bonds is 3. The van der Waals surface area contributed by atoms with Crippen molar-refractivity contribution < 1.29 is 9.18 Å². The van der Waals surface area contributed by atoms with Gasteiger partial charge in [-0.05, 0) is 67.5 Å². The lowest BCUT2D eigenvalue weighted by Gasteiger charge is -2.29. The third kappa shape index (κ3) is 3.21. The van der Waals surface area contributed by atoms with Crippen LogP contribution in [0.4, 0.5) is 4.39 Å². The highest BCUT2D eigenvalue weighted by Gasteiger charge is 2.25. The van der Waals surface area contributed by atoms with Crippen LogP contribution in [0.5, 0.6) is 0 Å². The predicted octanol–water partition coefficient (Wildman–Crippen LogP) is 4.47. The van der Waals surface area contributed by atoms with Crippen LogP contribution in [0.25, 0.3) is 10.9 Å². The number of hydrogen-bond acceptors (Lipinski definition) is 2. The molecule has 2 aromatic heterocycles. The first kappa shape index (κ1) is 16.8. The van der Waals surface area contributed by atoms with Crippen molar-refractivity contribution in [3.05, 3.63) is 65.4 Å². The number of pyridine rings is 1. The summed E-state index contributed by atoms with van der Waals surface area (Å²) in [4.78, 5) is 19.8. The first-order chi connectivity index (χ1) is 12.6. The maximum Gasteiger partial charge on any atom is 0.267 e. The molecule has 2 N–H and O–H groups in total. The number of H-pyrrole nitrogens is 1. The van der Waals surface area contributed by atoms with Crippen LogP contribution in [0.3, 0.4) is 0 Å². The Hall–Kier alpha value is -2.69. The summed E-state index contributed by atoms with van der Waals surface area (Å²) in [6.07, 6.45) is 7.74. The molecule has 2 heterocycles. The van der Waals surface area contributed by atoms with Crippen molar-refractivity contribution in [1.29, 1.82) is 0 Å². The molecule has 0 aliphatic heterocycles. The molecular formula is C21H22FN3O. The Morgan fingerprint density at radius 2 is 2.04 bits per heavy atom. The SMILES string of the molecule is Cc1ccc(F)c2cc(C(=O)N[C@@H]3CCCC(c4ccncc4)C3)[nH]c12. The van der Waals surface area contributed by atoms with E-state index in [4.69, 9.17) is 0 Å². The molecule has 1 amide bonds. The van der Waals surface area contributed by atoms with Gasteiger partial charge in [-0.1, -0.05) is 12.5 Å². The van der Waals surface area contributed by atoms with E-state index in [1.165, 1.54) is 11.6 Å². The van der Waals surface area contributed by atoms with E-state index < -0.39 is 0 Å². The summed E-state index contributed by atoms with van der Waals surface area (Å²) in [7, 11) is 0. The van der Waals surface area contributed by atoms with Gasteiger partial charge in [-0.3, -0.25) is 9.78 Å². The molecule has 1 unspecified atom stereocenters. The smallest absolute Gasteiger partial charge is 0.267 e. The number of nitrogens with zero attached hydrogens (tertiary/aromatic N) is 1. The van der Waals surface area contributed by atoms with Gasteiger partial charge >= 0.3 is 0 Å². The number of nitrogens with one attached hydrogen (secondary N) is 2. The quantitative estimate of drug-likeness (QED) is 0.732. The van der Waals surface area contributed by atoms with E-state index in [0.717, 1.165) is 31.2 Å². The van der Waals surface area contributed by atoms with E-state index in [0.29, 0.717) is 22.5 Å². The van der Waals surface area contributed by atoms with Crippen molar-refractivity contribution in [3.8, 4) is 0 Å². The third-order valence-corrected chi connectivity index (χ3v) is 5.38. The molecule has 0 saturated heterocycles. The van der Waals surface area contributed by atoms with E-state index in [9.17, 15) is 9.18 Å². The number of carbonyl (C=O) groups is 1. The molecule has 0 bridgehead atoms. The van der Waals surface area contributed by atoms with Crippen LogP contribution in [0.2, 0.25) is 0 Å². The van der Waals surface area contributed by atoms with Crippen LogP contribution < -0.4 is 5.32 Å². The van der Waals surface area contributed by atoms with Crippen LogP contribution in [0, 0.1) is 12.7 Å². The maximum absolute atomic E-state index is 14.0. The van der Waals surface area contributed by atoms with Crippen LogP contribution in [-0.2, 0) is 0 Å². The predicted molar refractivity (Wildman–Crippen MR) is 99.7 cm³/mol. The molecule has 4 nitrogen and oxygen atoms in total. The monoisotopic (exact) mass is 351 g/mol. The molecule has 1 fully saturated rings. The summed E-state index contributed by atoms with van der Waals surface area (Å²) in [5.41, 5.74) is 3.31. The highest BCUT2D eigenvalue weighted by atomic mass is 19.1. The van der Waals surface area contributed by atoms with Crippen molar-refractivity contribution in [1.82, 2.24) is 15.3 Å². The number of halogens is 1. The Labute approximate surface area is 151 Å². The number of fused-ring (bicyclic) bond motifs is 1. The fraction of sp³-hybridized carbons (Fsp3) is 0.333. The lowest BCUT2D eigenvalue weighted by Crippen LogP contribution is -2.38. The van der Waals surface area contributed by atoms with Gasteiger partial charge in [0, 0.05) is 23.8 Å². The minimum absolute atomic E-state index is 0.131. The lowest BCUT2D eigenvalue weighted by atomic mass is 9.81. The second kappa shape index (κ2) is 6.90. The summed E-state index contributed by atoms with van der Waals surface area (Å²) < 4.78 is 14.0. The van der Waals surface area contributed by atoms with Crippen molar-refractivity contribution in [2.45, 2.75) is 44.6 Å². The average Bonchev–Trinajstić information content (AvgIpc) is 3.13. The molecule has 0 radical (unpaired) electrons. The molecule has 26 heavy (non-hydrogen) atoms. The van der Waals surface area contributed by atoms with Gasteiger partial charge in [-0.2, -0.15) is 0 Å². The van der Waals surface area contributed by atoms with E-state index in [1.54, 1.807) is 12.1 Å². The maximum atomic E-state index is 14.0. The molecule has 1 aliphatic carbocycles. The van der Waals surface area contributed by atoms with Crippen molar-refractivity contribution in [3.63, 3.8) is 0 Å². The zero-order chi connectivity index (χ0) is 18.1. The number of aryl methyl sites for hydroxylation is 1. The molecular weight excluding hydrogens is 329 g/mol. The second-order valence-corrected chi connectivity index (χ2v) is 7.15. The molecule has 134 valence electrons. The van der Waals surface area contributed by atoms with Gasteiger partial charge in [-0.25, -0.2) is 4.39 Å². The summed E-state index contributed by atoms with van der Waals surface area (Å²) in [5.74, 6) is -0.0313. The summed E-state index contributed by atoms with van der Waals surface area (Å²) in [6, 6.07) is 9.00. The zero-order valence-corrected chi connectivity index (χ0v) is 14.8. The Morgan fingerprint density at radius 1 is 1.23 bits per heavy atom. The van der Waals surface area contributed by atoms with Gasteiger partial charge in [0.1, 0.15) is 11.5 Å². The standard InChI is InChI=1S/C21H22FN3O/c1-13-5-6-18(22)17-12-19(25-20(13)17)21(26)24-16-4-2-3-15(11-16)14-7-9-23-10-8-14/h5-10,12,15-16,25H,2-4,11H2,1H3,(H,24,26)/t15?,16-/m1/s1. The molecule has 4 rings (SSSR count). The fourth-order valence-electron chi connectivity index (χ4n) is 3.97.